The molecule has 3 aromatic carbocycles. The molecule has 3 aromatic rings. The van der Waals surface area contributed by atoms with Crippen molar-refractivity contribution in [1.82, 2.24) is 4.90 Å². The lowest BCUT2D eigenvalue weighted by Gasteiger charge is -2.31. The molecule has 0 bridgehead atoms. The third kappa shape index (κ3) is 3.92. The zero-order valence-corrected chi connectivity index (χ0v) is 18.5. The molecule has 2 aliphatic heterocycles. The Morgan fingerprint density at radius 1 is 1.00 bits per heavy atom. The summed E-state index contributed by atoms with van der Waals surface area (Å²) < 4.78 is 5.19. The molecule has 9 nitrogen and oxygen atoms in total. The van der Waals surface area contributed by atoms with Gasteiger partial charge in [0.1, 0.15) is 0 Å². The van der Waals surface area contributed by atoms with Gasteiger partial charge in [0, 0.05) is 19.2 Å². The Morgan fingerprint density at radius 2 is 1.76 bits per heavy atom. The third-order valence-corrected chi connectivity index (χ3v) is 6.14. The largest absolute Gasteiger partial charge is 0.490 e. The van der Waals surface area contributed by atoms with Crippen molar-refractivity contribution in [3.05, 3.63) is 75.8 Å². The summed E-state index contributed by atoms with van der Waals surface area (Å²) in [6.07, 6.45) is 1.35. The fraction of sp³-hybridized carbons (Fsp3) is 0.200. The van der Waals surface area contributed by atoms with E-state index in [2.05, 4.69) is 10.6 Å². The second-order valence-corrected chi connectivity index (χ2v) is 8.27. The molecule has 34 heavy (non-hydrogen) atoms. The number of rotatable bonds is 5. The highest BCUT2D eigenvalue weighted by atomic mass is 16.6. The fourth-order valence-electron chi connectivity index (χ4n) is 4.13. The number of methoxy groups -OCH3 is 1. The summed E-state index contributed by atoms with van der Waals surface area (Å²) in [7, 11) is 1.39. The van der Waals surface area contributed by atoms with Crippen LogP contribution in [0.15, 0.2) is 54.6 Å². The molecule has 2 amide bonds. The van der Waals surface area contributed by atoms with Crippen molar-refractivity contribution in [2.75, 3.05) is 30.8 Å². The first-order valence-electron chi connectivity index (χ1n) is 10.9. The second-order valence-electron chi connectivity index (χ2n) is 8.27. The highest BCUT2D eigenvalue weighted by molar-refractivity contribution is 6.12. The van der Waals surface area contributed by atoms with E-state index >= 15 is 0 Å². The number of nitro groups is 1. The first-order chi connectivity index (χ1) is 16.4. The van der Waals surface area contributed by atoms with E-state index in [4.69, 9.17) is 4.74 Å². The van der Waals surface area contributed by atoms with E-state index in [-0.39, 0.29) is 23.3 Å². The Morgan fingerprint density at radius 3 is 2.47 bits per heavy atom. The number of hydrogen-bond acceptors (Lipinski definition) is 6. The van der Waals surface area contributed by atoms with Crippen molar-refractivity contribution in [2.45, 2.75) is 12.8 Å². The lowest BCUT2D eigenvalue weighted by atomic mass is 10.0. The highest BCUT2D eigenvalue weighted by Crippen LogP contribution is 2.37. The molecule has 0 atom stereocenters. The van der Waals surface area contributed by atoms with Crippen LogP contribution in [-0.4, -0.2) is 41.8 Å². The van der Waals surface area contributed by atoms with Crippen LogP contribution >= 0.6 is 0 Å². The average molecular weight is 458 g/mol. The van der Waals surface area contributed by atoms with E-state index in [0.717, 1.165) is 30.6 Å². The molecule has 0 radical (unpaired) electrons. The molecule has 1 fully saturated rings. The van der Waals surface area contributed by atoms with Crippen LogP contribution < -0.4 is 15.4 Å². The molecule has 9 heteroatoms. The molecule has 1 saturated heterocycles. The number of hydrogen-bond donors (Lipinski definition) is 2. The smallest absolute Gasteiger partial charge is 0.310 e. The van der Waals surface area contributed by atoms with Gasteiger partial charge in [-0.05, 0) is 59.5 Å². The number of anilines is 3. The van der Waals surface area contributed by atoms with E-state index < -0.39 is 4.92 Å². The van der Waals surface area contributed by atoms with Crippen LogP contribution in [0.1, 0.15) is 22.3 Å². The zero-order valence-electron chi connectivity index (χ0n) is 18.5. The number of nitro benzene ring substituents is 1. The first kappa shape index (κ1) is 21.4. The summed E-state index contributed by atoms with van der Waals surface area (Å²) in [5.41, 5.74) is 4.60. The van der Waals surface area contributed by atoms with Gasteiger partial charge in [-0.1, -0.05) is 12.1 Å². The predicted molar refractivity (Wildman–Crippen MR) is 128 cm³/mol. The van der Waals surface area contributed by atoms with Crippen LogP contribution in [0.4, 0.5) is 22.7 Å². The number of carbonyl (C=O) groups excluding carboxylic acids is 2. The minimum atomic E-state index is -0.493. The Bertz CT molecular complexity index is 1330. The van der Waals surface area contributed by atoms with E-state index in [1.54, 1.807) is 30.3 Å². The van der Waals surface area contributed by atoms with Gasteiger partial charge in [-0.2, -0.15) is 0 Å². The second kappa shape index (κ2) is 8.51. The predicted octanol–water partition coefficient (Wildman–Crippen LogP) is 4.35. The van der Waals surface area contributed by atoms with Gasteiger partial charge in [0.25, 0.3) is 5.91 Å². The molecule has 0 aromatic heterocycles. The minimum absolute atomic E-state index is 0.0960. The van der Waals surface area contributed by atoms with Gasteiger partial charge in [-0.3, -0.25) is 19.7 Å². The first-order valence-corrected chi connectivity index (χ1v) is 10.9. The molecule has 2 aliphatic rings. The van der Waals surface area contributed by atoms with E-state index in [0.29, 0.717) is 34.6 Å². The highest BCUT2D eigenvalue weighted by Gasteiger charge is 2.23. The molecule has 172 valence electrons. The van der Waals surface area contributed by atoms with Gasteiger partial charge in [0.05, 0.1) is 41.1 Å². The number of nitrogens with zero attached hydrogens (tertiary/aromatic N) is 2. The van der Waals surface area contributed by atoms with Gasteiger partial charge < -0.3 is 20.3 Å². The SMILES string of the molecule is COc1cc(-c2ccc3c(c2)Nc2cc(CC(=O)N4CCC4)ccc2NC3=O)ccc1[N+](=O)[O-]. The summed E-state index contributed by atoms with van der Waals surface area (Å²) in [5.74, 6) is 0.00199. The zero-order chi connectivity index (χ0) is 23.8. The molecular weight excluding hydrogens is 436 g/mol. The van der Waals surface area contributed by atoms with Crippen LogP contribution in [0.25, 0.3) is 11.1 Å². The van der Waals surface area contributed by atoms with Crippen molar-refractivity contribution in [3.8, 4) is 16.9 Å². The molecule has 0 aliphatic carbocycles. The fourth-order valence-corrected chi connectivity index (χ4v) is 4.13. The number of likely N-dealkylation sites (tertiary alicyclic amines) is 1. The molecule has 2 heterocycles. The molecule has 5 rings (SSSR count). The maximum atomic E-state index is 12.8. The van der Waals surface area contributed by atoms with Gasteiger partial charge in [-0.15, -0.1) is 0 Å². The quantitative estimate of drug-likeness (QED) is 0.434. The van der Waals surface area contributed by atoms with Crippen molar-refractivity contribution < 1.29 is 19.2 Å². The summed E-state index contributed by atoms with van der Waals surface area (Å²) in [5, 5.41) is 17.4. The topological polar surface area (TPSA) is 114 Å². The van der Waals surface area contributed by atoms with Gasteiger partial charge >= 0.3 is 5.69 Å². The van der Waals surface area contributed by atoms with E-state index in [9.17, 15) is 19.7 Å². The summed E-state index contributed by atoms with van der Waals surface area (Å²) in [4.78, 5) is 37.8. The summed E-state index contributed by atoms with van der Waals surface area (Å²) in [6.45, 7) is 1.61. The lowest BCUT2D eigenvalue weighted by Crippen LogP contribution is -2.42. The normalized spacial score (nSPS) is 14.0. The van der Waals surface area contributed by atoms with Gasteiger partial charge in [0.2, 0.25) is 5.91 Å². The maximum Gasteiger partial charge on any atom is 0.310 e. The van der Waals surface area contributed by atoms with Crippen LogP contribution in [0, 0.1) is 10.1 Å². The Hall–Kier alpha value is -4.40. The average Bonchev–Trinajstić information content (AvgIpc) is 2.92. The number of ether oxygens (including phenoxy) is 1. The summed E-state index contributed by atoms with van der Waals surface area (Å²) >= 11 is 0. The molecule has 0 saturated carbocycles. The van der Waals surface area contributed by atoms with Crippen LogP contribution in [0.3, 0.4) is 0 Å². The van der Waals surface area contributed by atoms with Crippen molar-refractivity contribution >= 4 is 34.6 Å². The van der Waals surface area contributed by atoms with E-state index in [1.165, 1.54) is 13.2 Å². The van der Waals surface area contributed by atoms with Crippen LogP contribution in [0.5, 0.6) is 5.75 Å². The minimum Gasteiger partial charge on any atom is -0.490 e. The van der Waals surface area contributed by atoms with Gasteiger partial charge in [-0.25, -0.2) is 0 Å². The third-order valence-electron chi connectivity index (χ3n) is 6.14. The van der Waals surface area contributed by atoms with E-state index in [1.807, 2.05) is 23.1 Å². The van der Waals surface area contributed by atoms with Crippen LogP contribution in [0.2, 0.25) is 0 Å². The number of benzene rings is 3. The van der Waals surface area contributed by atoms with Crippen molar-refractivity contribution in [1.29, 1.82) is 0 Å². The molecule has 0 spiro atoms. The Balaban J connectivity index is 1.47. The number of amides is 2. The molecular formula is C25H22N4O5. The number of carbonyl (C=O) groups is 2. The lowest BCUT2D eigenvalue weighted by molar-refractivity contribution is -0.385. The Labute approximate surface area is 195 Å². The number of fused-ring (bicyclic) bond motifs is 2. The summed E-state index contributed by atoms with van der Waals surface area (Å²) in [6, 6.07) is 15.5. The molecule has 2 N–H and O–H groups in total. The number of nitrogens with one attached hydrogen (secondary N) is 2. The Kier molecular flexibility index (Phi) is 5.37. The molecule has 0 unspecified atom stereocenters. The standard InChI is InChI=1S/C25H22N4O5/c1-34-23-14-17(5-8-22(23)29(32)33)16-4-6-18-20(13-16)26-21-11-15(3-7-19(21)27-25(18)31)12-24(30)28-9-2-10-28/h3-8,11,13-14,26H,2,9-10,12H2,1H3,(H,27,31). The van der Waals surface area contributed by atoms with Gasteiger partial charge in [0.15, 0.2) is 5.75 Å². The maximum absolute atomic E-state index is 12.8. The van der Waals surface area contributed by atoms with Crippen LogP contribution in [-0.2, 0) is 11.2 Å². The van der Waals surface area contributed by atoms with Crippen molar-refractivity contribution in [2.24, 2.45) is 0 Å². The van der Waals surface area contributed by atoms with Crippen molar-refractivity contribution in [3.63, 3.8) is 0 Å². The monoisotopic (exact) mass is 458 g/mol.